The number of thioether (sulfide) groups is 1. The van der Waals surface area contributed by atoms with Gasteiger partial charge in [0, 0.05) is 34.6 Å². The third-order valence-electron chi connectivity index (χ3n) is 6.66. The highest BCUT2D eigenvalue weighted by Crippen LogP contribution is 2.35. The molecule has 8 nitrogen and oxygen atoms in total. The number of carbonyl (C=O) groups excluding carboxylic acids is 2. The van der Waals surface area contributed by atoms with E-state index in [2.05, 4.69) is 20.7 Å². The Bertz CT molecular complexity index is 1670. The number of aromatic nitrogens is 2. The third-order valence-corrected chi connectivity index (χ3v) is 7.38. The second-order valence-corrected chi connectivity index (χ2v) is 10.1. The highest BCUT2D eigenvalue weighted by atomic mass is 32.2. The van der Waals surface area contributed by atoms with E-state index in [1.54, 1.807) is 42.5 Å². The van der Waals surface area contributed by atoms with Gasteiger partial charge in [-0.25, -0.2) is 18.5 Å². The largest absolute Gasteiger partial charge is 0.477 e. The molecule has 6 rings (SSSR count). The minimum Gasteiger partial charge on any atom is -0.477 e. The van der Waals surface area contributed by atoms with Gasteiger partial charge in [0.2, 0.25) is 12.0 Å². The van der Waals surface area contributed by atoms with E-state index in [0.717, 1.165) is 4.90 Å². The van der Waals surface area contributed by atoms with E-state index in [1.807, 2.05) is 12.3 Å². The molecule has 3 heterocycles. The van der Waals surface area contributed by atoms with Crippen molar-refractivity contribution in [3.05, 3.63) is 95.1 Å². The van der Waals surface area contributed by atoms with Crippen LogP contribution < -0.4 is 15.4 Å². The summed E-state index contributed by atoms with van der Waals surface area (Å²) in [6.45, 7) is 0.836. The number of amides is 2. The number of hydrogen-bond donors (Lipinski definition) is 2. The van der Waals surface area contributed by atoms with Gasteiger partial charge in [0.15, 0.2) is 0 Å². The van der Waals surface area contributed by atoms with Crippen molar-refractivity contribution in [2.24, 2.45) is 4.99 Å². The number of rotatable bonds is 5. The van der Waals surface area contributed by atoms with Crippen molar-refractivity contribution < 1.29 is 23.1 Å². The number of benzodiazepines with no additional fused rings is 1. The number of fused-ring (bicyclic) bond motifs is 2. The van der Waals surface area contributed by atoms with Crippen molar-refractivity contribution in [1.82, 2.24) is 15.1 Å². The maximum absolute atomic E-state index is 15.2. The van der Waals surface area contributed by atoms with E-state index in [1.165, 1.54) is 34.6 Å². The molecule has 40 heavy (non-hydrogen) atoms. The number of nitrogens with zero attached hydrogens (tertiary/aromatic N) is 3. The van der Waals surface area contributed by atoms with Crippen LogP contribution in [-0.4, -0.2) is 46.3 Å². The van der Waals surface area contributed by atoms with Gasteiger partial charge in [0.05, 0.1) is 18.0 Å². The lowest BCUT2D eigenvalue weighted by atomic mass is 10.0. The number of anilines is 1. The van der Waals surface area contributed by atoms with Crippen LogP contribution in [0.5, 0.6) is 5.88 Å². The Morgan fingerprint density at radius 2 is 1.90 bits per heavy atom. The zero-order valence-corrected chi connectivity index (χ0v) is 22.1. The number of aliphatic imine (C=N–C) groups is 1. The van der Waals surface area contributed by atoms with Crippen LogP contribution in [0, 0.1) is 11.6 Å². The van der Waals surface area contributed by atoms with E-state index in [4.69, 9.17) is 4.74 Å². The minimum absolute atomic E-state index is 0.00676. The summed E-state index contributed by atoms with van der Waals surface area (Å²) >= 11 is 1.39. The van der Waals surface area contributed by atoms with Crippen molar-refractivity contribution in [2.75, 3.05) is 18.2 Å². The lowest BCUT2D eigenvalue weighted by Gasteiger charge is -2.17. The van der Waals surface area contributed by atoms with E-state index >= 15 is 4.39 Å². The fraction of sp³-hybridized carbons (Fsp3) is 0.172. The number of nitrogens with one attached hydrogen (secondary N) is 2. The van der Waals surface area contributed by atoms with Crippen LogP contribution in [0.15, 0.2) is 76.6 Å². The molecule has 0 spiro atoms. The lowest BCUT2D eigenvalue weighted by molar-refractivity contribution is -0.117. The van der Waals surface area contributed by atoms with E-state index in [9.17, 15) is 14.0 Å². The van der Waals surface area contributed by atoms with Gasteiger partial charge < -0.3 is 15.4 Å². The Morgan fingerprint density at radius 3 is 2.67 bits per heavy atom. The second-order valence-electron chi connectivity index (χ2n) is 9.17. The summed E-state index contributed by atoms with van der Waals surface area (Å²) in [6, 6.07) is 18.1. The highest BCUT2D eigenvalue weighted by Gasteiger charge is 2.34. The molecular formula is C29H23F2N5O3S. The number of benzene rings is 3. The molecule has 2 aliphatic rings. The number of hydrogen-bond acceptors (Lipinski definition) is 6. The van der Waals surface area contributed by atoms with Crippen molar-refractivity contribution >= 4 is 35.0 Å². The van der Waals surface area contributed by atoms with Gasteiger partial charge in [-0.05, 0) is 30.5 Å². The number of para-hydroxylation sites is 1. The first-order valence-corrected chi connectivity index (χ1v) is 13.8. The summed E-state index contributed by atoms with van der Waals surface area (Å²) in [5, 5.41) is 9.70. The molecule has 0 bridgehead atoms. The van der Waals surface area contributed by atoms with Crippen molar-refractivity contribution in [3.63, 3.8) is 0 Å². The van der Waals surface area contributed by atoms with Crippen molar-refractivity contribution in [2.45, 2.75) is 24.0 Å². The maximum atomic E-state index is 15.2. The summed E-state index contributed by atoms with van der Waals surface area (Å²) in [5.74, 6) is -2.45. The quantitative estimate of drug-likeness (QED) is 0.340. The second kappa shape index (κ2) is 10.6. The van der Waals surface area contributed by atoms with Crippen LogP contribution in [0.25, 0.3) is 11.3 Å². The van der Waals surface area contributed by atoms with Crippen molar-refractivity contribution in [3.8, 4) is 17.1 Å². The van der Waals surface area contributed by atoms with Gasteiger partial charge in [0.25, 0.3) is 11.8 Å². The fourth-order valence-corrected chi connectivity index (χ4v) is 5.18. The first-order chi connectivity index (χ1) is 19.4. The Morgan fingerprint density at radius 1 is 1.07 bits per heavy atom. The summed E-state index contributed by atoms with van der Waals surface area (Å²) < 4.78 is 37.3. The topological polar surface area (TPSA) is 97.6 Å². The Balaban J connectivity index is 1.43. The summed E-state index contributed by atoms with van der Waals surface area (Å²) in [7, 11) is 0. The average molecular weight is 560 g/mol. The Labute approximate surface area is 232 Å². The van der Waals surface area contributed by atoms with Crippen LogP contribution >= 0.6 is 11.8 Å². The molecule has 202 valence electrons. The van der Waals surface area contributed by atoms with Gasteiger partial charge in [-0.1, -0.05) is 42.5 Å². The SMILES string of the molecule is CSc1ccc(-c2nn3c(c2C(=O)NC2N=C(c4ccccc4)c4cccc(F)c4NC2=O)OCCC3)c(F)c1. The first kappa shape index (κ1) is 25.8. The number of halogens is 2. The predicted octanol–water partition coefficient (Wildman–Crippen LogP) is 4.88. The predicted molar refractivity (Wildman–Crippen MR) is 148 cm³/mol. The molecule has 1 unspecified atom stereocenters. The number of aryl methyl sites for hydroxylation is 1. The van der Waals surface area contributed by atoms with Crippen LogP contribution in [0.3, 0.4) is 0 Å². The molecule has 0 fully saturated rings. The Hall–Kier alpha value is -4.51. The Kier molecular flexibility index (Phi) is 6.81. The van der Waals surface area contributed by atoms with Gasteiger partial charge in [-0.15, -0.1) is 11.8 Å². The third kappa shape index (κ3) is 4.62. The first-order valence-electron chi connectivity index (χ1n) is 12.6. The molecule has 0 saturated heterocycles. The molecule has 2 N–H and O–H groups in total. The molecule has 3 aromatic carbocycles. The molecule has 1 aromatic heterocycles. The van der Waals surface area contributed by atoms with Gasteiger partial charge in [-0.3, -0.25) is 9.59 Å². The number of ether oxygens (including phenoxy) is 1. The van der Waals surface area contributed by atoms with Crippen LogP contribution in [-0.2, 0) is 11.3 Å². The molecular weight excluding hydrogens is 536 g/mol. The standard InChI is InChI=1S/C29H23F2N5O3S/c1-40-17-11-12-18(21(31)15-17)25-22(29-36(35-25)13-6-14-39-29)27(37)34-26-28(38)33-24-19(9-5-10-20(24)30)23(32-26)16-7-3-2-4-8-16/h2-5,7-12,15,26H,6,13-14H2,1H3,(H,33,38)(H,34,37). The molecule has 2 aliphatic heterocycles. The molecule has 0 aliphatic carbocycles. The molecule has 0 radical (unpaired) electrons. The van der Waals surface area contributed by atoms with Gasteiger partial charge in [-0.2, -0.15) is 5.10 Å². The van der Waals surface area contributed by atoms with Crippen LogP contribution in [0.4, 0.5) is 14.5 Å². The van der Waals surface area contributed by atoms with Crippen LogP contribution in [0.1, 0.15) is 27.9 Å². The monoisotopic (exact) mass is 559 g/mol. The maximum Gasteiger partial charge on any atom is 0.269 e. The molecule has 1 atom stereocenters. The highest BCUT2D eigenvalue weighted by molar-refractivity contribution is 7.98. The molecule has 0 saturated carbocycles. The lowest BCUT2D eigenvalue weighted by Crippen LogP contribution is -2.42. The van der Waals surface area contributed by atoms with Gasteiger partial charge in [0.1, 0.15) is 22.9 Å². The van der Waals surface area contributed by atoms with Crippen molar-refractivity contribution in [1.29, 1.82) is 0 Å². The molecule has 11 heteroatoms. The summed E-state index contributed by atoms with van der Waals surface area (Å²) in [5.41, 5.74) is 1.51. The van der Waals surface area contributed by atoms with Crippen LogP contribution in [0.2, 0.25) is 0 Å². The fourth-order valence-electron chi connectivity index (χ4n) is 4.75. The van der Waals surface area contributed by atoms with E-state index < -0.39 is 29.6 Å². The zero-order chi connectivity index (χ0) is 27.8. The molecule has 4 aromatic rings. The smallest absolute Gasteiger partial charge is 0.269 e. The summed E-state index contributed by atoms with van der Waals surface area (Å²) in [6.07, 6.45) is 1.08. The zero-order valence-electron chi connectivity index (χ0n) is 21.3. The normalized spacial score (nSPS) is 16.1. The molecule has 2 amide bonds. The summed E-state index contributed by atoms with van der Waals surface area (Å²) in [4.78, 5) is 32.4. The van der Waals surface area contributed by atoms with E-state index in [0.29, 0.717) is 36.4 Å². The average Bonchev–Trinajstić information content (AvgIpc) is 3.29. The van der Waals surface area contributed by atoms with E-state index in [-0.39, 0.29) is 28.4 Å². The van der Waals surface area contributed by atoms with Gasteiger partial charge >= 0.3 is 0 Å². The minimum atomic E-state index is -1.43. The number of carbonyl (C=O) groups is 2.